The molecule has 3 N–H and O–H groups in total. The highest BCUT2D eigenvalue weighted by molar-refractivity contribution is 5.82. The summed E-state index contributed by atoms with van der Waals surface area (Å²) in [5, 5.41) is 3.04. The van der Waals surface area contributed by atoms with Gasteiger partial charge in [-0.3, -0.25) is 4.79 Å². The van der Waals surface area contributed by atoms with Gasteiger partial charge in [-0.15, -0.1) is 0 Å². The Hall–Kier alpha value is -1.75. The zero-order valence-corrected chi connectivity index (χ0v) is 13.6. The Labute approximate surface area is 132 Å². The van der Waals surface area contributed by atoms with E-state index in [-0.39, 0.29) is 11.9 Å². The molecule has 1 saturated carbocycles. The predicted octanol–water partition coefficient (Wildman–Crippen LogP) is 2.40. The Morgan fingerprint density at radius 1 is 1.27 bits per heavy atom. The fourth-order valence-corrected chi connectivity index (χ4v) is 2.55. The lowest BCUT2D eigenvalue weighted by atomic mass is 10.0. The van der Waals surface area contributed by atoms with E-state index < -0.39 is 6.04 Å². The lowest BCUT2D eigenvalue weighted by Crippen LogP contribution is -2.42. The number of carbonyl (C=O) groups excluding carboxylic acids is 1. The summed E-state index contributed by atoms with van der Waals surface area (Å²) >= 11 is 0. The molecule has 1 fully saturated rings. The zero-order chi connectivity index (χ0) is 16.1. The van der Waals surface area contributed by atoms with Crippen LogP contribution in [0.4, 0.5) is 0 Å². The van der Waals surface area contributed by atoms with Crippen LogP contribution in [0.1, 0.15) is 44.2 Å². The first-order valence-electron chi connectivity index (χ1n) is 7.86. The summed E-state index contributed by atoms with van der Waals surface area (Å²) in [4.78, 5) is 12.3. The molecule has 2 unspecified atom stereocenters. The number of hydrogen-bond donors (Lipinski definition) is 2. The van der Waals surface area contributed by atoms with E-state index in [2.05, 4.69) is 5.32 Å². The van der Waals surface area contributed by atoms with Gasteiger partial charge >= 0.3 is 0 Å². The van der Waals surface area contributed by atoms with Crippen molar-refractivity contribution in [2.24, 2.45) is 11.7 Å². The normalized spacial score (nSPS) is 16.7. The van der Waals surface area contributed by atoms with Gasteiger partial charge in [0.1, 0.15) is 11.5 Å². The second-order valence-electron chi connectivity index (χ2n) is 5.90. The maximum atomic E-state index is 12.3. The lowest BCUT2D eigenvalue weighted by molar-refractivity contribution is -0.123. The molecule has 1 aliphatic carbocycles. The van der Waals surface area contributed by atoms with E-state index in [1.165, 1.54) is 12.8 Å². The first kappa shape index (κ1) is 16.6. The fraction of sp³-hybridized carbons (Fsp3) is 0.588. The summed E-state index contributed by atoms with van der Waals surface area (Å²) in [5.74, 6) is 1.98. The van der Waals surface area contributed by atoms with Gasteiger partial charge in [0.2, 0.25) is 5.91 Å². The van der Waals surface area contributed by atoms with Crippen LogP contribution in [-0.2, 0) is 4.79 Å². The molecule has 0 heterocycles. The van der Waals surface area contributed by atoms with Crippen molar-refractivity contribution in [3.8, 4) is 11.5 Å². The summed E-state index contributed by atoms with van der Waals surface area (Å²) < 4.78 is 10.6. The van der Waals surface area contributed by atoms with Gasteiger partial charge in [-0.05, 0) is 36.5 Å². The highest BCUT2D eigenvalue weighted by Gasteiger charge is 2.28. The highest BCUT2D eigenvalue weighted by Crippen LogP contribution is 2.33. The molecule has 0 aliphatic heterocycles. The highest BCUT2D eigenvalue weighted by atomic mass is 16.5. The molecule has 22 heavy (non-hydrogen) atoms. The smallest absolute Gasteiger partial charge is 0.237 e. The Morgan fingerprint density at radius 2 is 1.86 bits per heavy atom. The van der Waals surface area contributed by atoms with E-state index in [0.29, 0.717) is 17.4 Å². The molecule has 1 amide bonds. The molecule has 2 atom stereocenters. The molecule has 1 aromatic rings. The van der Waals surface area contributed by atoms with E-state index in [1.807, 2.05) is 25.1 Å². The molecule has 0 radical (unpaired) electrons. The van der Waals surface area contributed by atoms with Crippen LogP contribution in [0, 0.1) is 5.92 Å². The van der Waals surface area contributed by atoms with Crippen LogP contribution in [0.25, 0.3) is 0 Å². The number of carbonyl (C=O) groups is 1. The van der Waals surface area contributed by atoms with Gasteiger partial charge in [0.15, 0.2) is 0 Å². The van der Waals surface area contributed by atoms with E-state index in [9.17, 15) is 4.79 Å². The van der Waals surface area contributed by atoms with Gasteiger partial charge in [-0.1, -0.05) is 19.8 Å². The molecule has 1 aromatic carbocycles. The molecular weight excluding hydrogens is 280 g/mol. The number of rotatable bonds is 8. The number of methoxy groups -OCH3 is 2. The maximum absolute atomic E-state index is 12.3. The fourth-order valence-electron chi connectivity index (χ4n) is 2.55. The van der Waals surface area contributed by atoms with Gasteiger partial charge in [0, 0.05) is 6.07 Å². The van der Waals surface area contributed by atoms with E-state index >= 15 is 0 Å². The monoisotopic (exact) mass is 306 g/mol. The average Bonchev–Trinajstić information content (AvgIpc) is 3.35. The van der Waals surface area contributed by atoms with Crippen molar-refractivity contribution in [1.82, 2.24) is 5.32 Å². The van der Waals surface area contributed by atoms with Crippen LogP contribution >= 0.6 is 0 Å². The Kier molecular flexibility index (Phi) is 5.66. The van der Waals surface area contributed by atoms with Crippen LogP contribution in [-0.4, -0.2) is 26.2 Å². The molecule has 0 saturated heterocycles. The van der Waals surface area contributed by atoms with Gasteiger partial charge in [-0.25, -0.2) is 0 Å². The Bertz CT molecular complexity index is 492. The van der Waals surface area contributed by atoms with Crippen LogP contribution in [0.5, 0.6) is 11.5 Å². The number of amides is 1. The molecule has 0 spiro atoms. The molecule has 0 aromatic heterocycles. The van der Waals surface area contributed by atoms with E-state index in [0.717, 1.165) is 18.4 Å². The number of nitrogens with two attached hydrogens (primary N) is 1. The predicted molar refractivity (Wildman–Crippen MR) is 86.0 cm³/mol. The third kappa shape index (κ3) is 4.37. The average molecular weight is 306 g/mol. The maximum Gasteiger partial charge on any atom is 0.237 e. The molecule has 5 heteroatoms. The van der Waals surface area contributed by atoms with Crippen molar-refractivity contribution in [2.75, 3.05) is 14.2 Å². The molecule has 2 rings (SSSR count). The van der Waals surface area contributed by atoms with Gasteiger partial charge in [-0.2, -0.15) is 0 Å². The minimum Gasteiger partial charge on any atom is -0.497 e. The summed E-state index contributed by atoms with van der Waals surface area (Å²) in [7, 11) is 3.23. The summed E-state index contributed by atoms with van der Waals surface area (Å²) in [6.45, 7) is 2.03. The van der Waals surface area contributed by atoms with Gasteiger partial charge < -0.3 is 20.5 Å². The lowest BCUT2D eigenvalue weighted by Gasteiger charge is -2.21. The van der Waals surface area contributed by atoms with Crippen LogP contribution in [0.15, 0.2) is 18.2 Å². The minimum atomic E-state index is -0.422. The van der Waals surface area contributed by atoms with E-state index in [1.54, 1.807) is 14.2 Å². The standard InChI is InChI=1S/C17H26N2O3/c1-4-16(19-17(20)15(18)7-11-5-6-11)12-8-13(21-2)10-14(9-12)22-3/h8-11,15-16H,4-7,18H2,1-3H3,(H,19,20). The SMILES string of the molecule is CCC(NC(=O)C(N)CC1CC1)c1cc(OC)cc(OC)c1. The minimum absolute atomic E-state index is 0.0828. The van der Waals surface area contributed by atoms with E-state index in [4.69, 9.17) is 15.2 Å². The largest absolute Gasteiger partial charge is 0.497 e. The number of hydrogen-bond acceptors (Lipinski definition) is 4. The number of nitrogens with one attached hydrogen (secondary N) is 1. The molecule has 122 valence electrons. The molecule has 5 nitrogen and oxygen atoms in total. The summed E-state index contributed by atoms with van der Waals surface area (Å²) in [5.41, 5.74) is 6.95. The van der Waals surface area contributed by atoms with Crippen molar-refractivity contribution >= 4 is 5.91 Å². The second kappa shape index (κ2) is 7.49. The summed E-state index contributed by atoms with van der Waals surface area (Å²) in [6, 6.07) is 5.14. The number of ether oxygens (including phenoxy) is 2. The second-order valence-corrected chi connectivity index (χ2v) is 5.90. The van der Waals surface area contributed by atoms with Crippen molar-refractivity contribution < 1.29 is 14.3 Å². The zero-order valence-electron chi connectivity index (χ0n) is 13.6. The van der Waals surface area contributed by atoms with Gasteiger partial charge in [0.05, 0.1) is 26.3 Å². The van der Waals surface area contributed by atoms with Gasteiger partial charge in [0.25, 0.3) is 0 Å². The van der Waals surface area contributed by atoms with Crippen LogP contribution in [0.3, 0.4) is 0 Å². The third-order valence-corrected chi connectivity index (χ3v) is 4.12. The van der Waals surface area contributed by atoms with Crippen molar-refractivity contribution in [3.05, 3.63) is 23.8 Å². The molecule has 1 aliphatic rings. The third-order valence-electron chi connectivity index (χ3n) is 4.12. The quantitative estimate of drug-likeness (QED) is 0.773. The Morgan fingerprint density at radius 3 is 2.32 bits per heavy atom. The first-order chi connectivity index (χ1) is 10.6. The number of benzene rings is 1. The molecule has 0 bridgehead atoms. The first-order valence-corrected chi connectivity index (χ1v) is 7.86. The van der Waals surface area contributed by atoms with Crippen molar-refractivity contribution in [2.45, 2.75) is 44.7 Å². The summed E-state index contributed by atoms with van der Waals surface area (Å²) in [6.07, 6.45) is 3.96. The molecular formula is C17H26N2O3. The van der Waals surface area contributed by atoms with Crippen molar-refractivity contribution in [1.29, 1.82) is 0 Å². The topological polar surface area (TPSA) is 73.6 Å². The Balaban J connectivity index is 2.07. The van der Waals surface area contributed by atoms with Crippen LogP contribution in [0.2, 0.25) is 0 Å². The van der Waals surface area contributed by atoms with Crippen molar-refractivity contribution in [3.63, 3.8) is 0 Å². The van der Waals surface area contributed by atoms with Crippen LogP contribution < -0.4 is 20.5 Å².